The van der Waals surface area contributed by atoms with Gasteiger partial charge in [0, 0.05) is 29.1 Å². The maximum atomic E-state index is 17.2. The number of esters is 1. The molecule has 2 N–H and O–H groups in total. The molecule has 0 unspecified atom stereocenters. The Hall–Kier alpha value is -1.93. The lowest BCUT2D eigenvalue weighted by atomic mass is 9.44. The van der Waals surface area contributed by atoms with Gasteiger partial charge in [-0.1, -0.05) is 26.8 Å². The van der Waals surface area contributed by atoms with E-state index in [1.807, 2.05) is 0 Å². The van der Waals surface area contributed by atoms with Crippen LogP contribution in [0.1, 0.15) is 53.4 Å². The number of halogens is 2. The number of aliphatic hydroxyl groups is 2. The molecule has 182 valence electrons. The first-order valence-electron chi connectivity index (χ1n) is 11.7. The van der Waals surface area contributed by atoms with E-state index in [1.54, 1.807) is 20.8 Å². The van der Waals surface area contributed by atoms with Crippen LogP contribution in [0, 0.1) is 28.6 Å². The van der Waals surface area contributed by atoms with Crippen molar-refractivity contribution in [1.82, 2.24) is 0 Å². The highest BCUT2D eigenvalue weighted by molar-refractivity contribution is 6.01. The first-order valence-corrected chi connectivity index (χ1v) is 11.7. The number of aliphatic hydroxyl groups excluding tert-OH is 2. The third-order valence-electron chi connectivity index (χ3n) is 9.29. The highest BCUT2D eigenvalue weighted by Crippen LogP contribution is 2.71. The van der Waals surface area contributed by atoms with E-state index in [1.165, 1.54) is 19.1 Å². The Balaban J connectivity index is 1.88. The van der Waals surface area contributed by atoms with Crippen molar-refractivity contribution in [2.24, 2.45) is 28.6 Å². The zero-order valence-electron chi connectivity index (χ0n) is 19.4. The first-order chi connectivity index (χ1) is 15.3. The van der Waals surface area contributed by atoms with Crippen molar-refractivity contribution in [2.45, 2.75) is 76.9 Å². The number of carbonyl (C=O) groups is 3. The zero-order valence-corrected chi connectivity index (χ0v) is 19.4. The third-order valence-corrected chi connectivity index (χ3v) is 9.29. The Bertz CT molecular complexity index is 961. The maximum absolute atomic E-state index is 17.2. The topological polar surface area (TPSA) is 101 Å². The van der Waals surface area contributed by atoms with Crippen LogP contribution in [0.4, 0.5) is 8.78 Å². The Morgan fingerprint density at radius 3 is 2.52 bits per heavy atom. The second kappa shape index (κ2) is 7.54. The van der Waals surface area contributed by atoms with Crippen molar-refractivity contribution in [3.63, 3.8) is 0 Å². The third kappa shape index (κ3) is 2.80. The number of alkyl halides is 2. The van der Waals surface area contributed by atoms with E-state index in [0.717, 1.165) is 6.08 Å². The van der Waals surface area contributed by atoms with Crippen LogP contribution in [0.15, 0.2) is 23.8 Å². The summed E-state index contributed by atoms with van der Waals surface area (Å²) in [6.45, 7) is 5.62. The maximum Gasteiger partial charge on any atom is 0.306 e. The van der Waals surface area contributed by atoms with E-state index in [2.05, 4.69) is 0 Å². The molecule has 9 atom stereocenters. The average molecular weight is 467 g/mol. The first kappa shape index (κ1) is 24.2. The summed E-state index contributed by atoms with van der Waals surface area (Å²) < 4.78 is 38.4. The molecule has 0 spiro atoms. The molecule has 0 aromatic rings. The van der Waals surface area contributed by atoms with Gasteiger partial charge >= 0.3 is 5.97 Å². The summed E-state index contributed by atoms with van der Waals surface area (Å²) in [7, 11) is 0. The molecule has 0 heterocycles. The number of carbonyl (C=O) groups excluding carboxylic acids is 3. The fraction of sp³-hybridized carbons (Fsp3) is 0.720. The van der Waals surface area contributed by atoms with Crippen LogP contribution < -0.4 is 0 Å². The fourth-order valence-electron chi connectivity index (χ4n) is 7.76. The normalized spacial score (nSPS) is 48.4. The molecule has 0 aliphatic heterocycles. The van der Waals surface area contributed by atoms with Gasteiger partial charge in [-0.2, -0.15) is 0 Å². The van der Waals surface area contributed by atoms with Crippen LogP contribution >= 0.6 is 0 Å². The Morgan fingerprint density at radius 2 is 1.91 bits per heavy atom. The van der Waals surface area contributed by atoms with E-state index in [4.69, 9.17) is 4.74 Å². The minimum atomic E-state index is -2.28. The molecule has 4 aliphatic carbocycles. The summed E-state index contributed by atoms with van der Waals surface area (Å²) in [6.07, 6.45) is 0.299. The molecule has 33 heavy (non-hydrogen) atoms. The van der Waals surface area contributed by atoms with Gasteiger partial charge in [-0.25, -0.2) is 8.78 Å². The predicted octanol–water partition coefficient (Wildman–Crippen LogP) is 2.80. The van der Waals surface area contributed by atoms with E-state index >= 15 is 8.78 Å². The molecule has 0 aromatic heterocycles. The number of allylic oxidation sites excluding steroid dienone is 4. The van der Waals surface area contributed by atoms with Gasteiger partial charge in [-0.3, -0.25) is 14.4 Å². The van der Waals surface area contributed by atoms with Gasteiger partial charge in [0.15, 0.2) is 17.1 Å². The molecule has 0 radical (unpaired) electrons. The lowest BCUT2D eigenvalue weighted by Gasteiger charge is -2.63. The van der Waals surface area contributed by atoms with Gasteiger partial charge < -0.3 is 14.9 Å². The number of ketones is 2. The molecule has 0 amide bonds. The lowest BCUT2D eigenvalue weighted by Crippen LogP contribution is -2.71. The van der Waals surface area contributed by atoms with Crippen LogP contribution in [0.25, 0.3) is 0 Å². The molecular formula is C25H32F2O6. The van der Waals surface area contributed by atoms with Crippen LogP contribution in [-0.2, 0) is 19.1 Å². The zero-order chi connectivity index (χ0) is 24.6. The van der Waals surface area contributed by atoms with E-state index in [9.17, 15) is 24.6 Å². The van der Waals surface area contributed by atoms with Crippen LogP contribution in [0.5, 0.6) is 0 Å². The highest BCUT2D eigenvalue weighted by atomic mass is 19.1. The Morgan fingerprint density at radius 1 is 1.24 bits per heavy atom. The summed E-state index contributed by atoms with van der Waals surface area (Å²) in [4.78, 5) is 37.5. The molecule has 0 aromatic carbocycles. The molecule has 4 rings (SSSR count). The standard InChI is InChI=1S/C25H32F2O6/c1-5-21(32)33-25(20(31)12-28)13(2)8-15-16-10-18(26)17-9-14(29)6-7-22(17,3)24(16,27)19(30)11-23(15,25)4/h6-7,9,13,15-16,18-19,28,30H,5,8,10-12H2,1-4H3/t13-,15+,16+,18+,19+,22+,23+,24+,25+/m1/s1. The molecule has 4 aliphatic rings. The minimum absolute atomic E-state index is 0.00452. The van der Waals surface area contributed by atoms with Gasteiger partial charge in [0.25, 0.3) is 0 Å². The van der Waals surface area contributed by atoms with Crippen LogP contribution in [-0.4, -0.2) is 57.9 Å². The van der Waals surface area contributed by atoms with Gasteiger partial charge in [0.05, 0.1) is 6.10 Å². The van der Waals surface area contributed by atoms with Gasteiger partial charge in [0.1, 0.15) is 12.8 Å². The van der Waals surface area contributed by atoms with E-state index in [0.29, 0.717) is 0 Å². The number of fused-ring (bicyclic) bond motifs is 5. The summed E-state index contributed by atoms with van der Waals surface area (Å²) in [5.41, 5.74) is -6.74. The number of ether oxygens (including phenoxy) is 1. The molecule has 0 bridgehead atoms. The number of hydrogen-bond acceptors (Lipinski definition) is 6. The van der Waals surface area contributed by atoms with Crippen molar-refractivity contribution in [3.8, 4) is 0 Å². The quantitative estimate of drug-likeness (QED) is 0.618. The monoisotopic (exact) mass is 466 g/mol. The molecule has 8 heteroatoms. The largest absolute Gasteiger partial charge is 0.450 e. The smallest absolute Gasteiger partial charge is 0.306 e. The minimum Gasteiger partial charge on any atom is -0.450 e. The van der Waals surface area contributed by atoms with E-state index < -0.39 is 76.3 Å². The van der Waals surface area contributed by atoms with Gasteiger partial charge in [0.2, 0.25) is 5.78 Å². The van der Waals surface area contributed by atoms with Crippen molar-refractivity contribution < 1.29 is 38.1 Å². The number of hydrogen-bond donors (Lipinski definition) is 2. The average Bonchev–Trinajstić information content (AvgIpc) is 2.98. The predicted molar refractivity (Wildman–Crippen MR) is 114 cm³/mol. The Kier molecular flexibility index (Phi) is 5.53. The van der Waals surface area contributed by atoms with Crippen molar-refractivity contribution in [3.05, 3.63) is 23.8 Å². The SMILES string of the molecule is CCC(=O)O[C@]1(C(=O)CO)[C@H](C)C[C@H]2[C@@H]3C[C@H](F)C4=CC(=O)C=C[C@]4(C)[C@@]3(F)[C@@H](O)C[C@@]21C. The summed E-state index contributed by atoms with van der Waals surface area (Å²) in [5, 5.41) is 21.1. The molecule has 6 nitrogen and oxygen atoms in total. The lowest BCUT2D eigenvalue weighted by molar-refractivity contribution is -0.231. The van der Waals surface area contributed by atoms with Crippen molar-refractivity contribution in [1.29, 1.82) is 0 Å². The van der Waals surface area contributed by atoms with Crippen LogP contribution in [0.3, 0.4) is 0 Å². The fourth-order valence-corrected chi connectivity index (χ4v) is 7.76. The number of rotatable bonds is 4. The van der Waals surface area contributed by atoms with Gasteiger partial charge in [-0.05, 0) is 49.8 Å². The van der Waals surface area contributed by atoms with E-state index in [-0.39, 0.29) is 31.3 Å². The van der Waals surface area contributed by atoms with Crippen molar-refractivity contribution in [2.75, 3.05) is 6.61 Å². The van der Waals surface area contributed by atoms with Crippen molar-refractivity contribution >= 4 is 17.5 Å². The summed E-state index contributed by atoms with van der Waals surface area (Å²) in [5.74, 6) is -3.89. The molecule has 3 saturated carbocycles. The Labute approximate surface area is 192 Å². The van der Waals surface area contributed by atoms with Gasteiger partial charge in [-0.15, -0.1) is 0 Å². The molecule has 3 fully saturated rings. The number of Topliss-reactive ketones (excluding diaryl/α,β-unsaturated/α-hetero) is 1. The summed E-state index contributed by atoms with van der Waals surface area (Å²) in [6, 6.07) is 0. The second-order valence-electron chi connectivity index (χ2n) is 10.6. The highest BCUT2D eigenvalue weighted by Gasteiger charge is 2.77. The molecule has 0 saturated heterocycles. The summed E-state index contributed by atoms with van der Waals surface area (Å²) >= 11 is 0. The second-order valence-corrected chi connectivity index (χ2v) is 10.6. The molecular weight excluding hydrogens is 434 g/mol. The van der Waals surface area contributed by atoms with Crippen LogP contribution in [0.2, 0.25) is 0 Å².